The number of furan rings is 1. The number of anilines is 3. The van der Waals surface area contributed by atoms with Crippen LogP contribution in [0.2, 0.25) is 0 Å². The van der Waals surface area contributed by atoms with E-state index in [4.69, 9.17) is 4.42 Å². The smallest absolute Gasteiger partial charge is 0.137 e. The van der Waals surface area contributed by atoms with Crippen LogP contribution in [-0.4, -0.2) is 0 Å². The van der Waals surface area contributed by atoms with E-state index in [0.717, 1.165) is 45.4 Å². The number of rotatable bonds is 5. The SMILES string of the molecule is CC1C=Cc2c(cccc2-c2ccc(N(c3ccc(-c4ccc5sc6ccccc6c5c4)cc3)c3cccc4oc5ccccc5c34)cc2)C1. The van der Waals surface area contributed by atoms with Gasteiger partial charge < -0.3 is 9.32 Å². The Labute approximate surface area is 295 Å². The van der Waals surface area contributed by atoms with Crippen LogP contribution in [0.1, 0.15) is 18.1 Å². The van der Waals surface area contributed by atoms with Gasteiger partial charge in [0.1, 0.15) is 11.2 Å². The number of nitrogens with zero attached hydrogens (tertiary/aromatic N) is 1. The summed E-state index contributed by atoms with van der Waals surface area (Å²) in [6.07, 6.45) is 5.73. The molecule has 2 aromatic heterocycles. The molecule has 0 N–H and O–H groups in total. The van der Waals surface area contributed by atoms with E-state index in [1.165, 1.54) is 53.6 Å². The van der Waals surface area contributed by atoms with E-state index >= 15 is 0 Å². The zero-order valence-electron chi connectivity index (χ0n) is 27.6. The van der Waals surface area contributed by atoms with Gasteiger partial charge in [0.15, 0.2) is 0 Å². The molecule has 0 saturated heterocycles. The number of hydrogen-bond donors (Lipinski definition) is 0. The van der Waals surface area contributed by atoms with Crippen molar-refractivity contribution in [2.75, 3.05) is 4.90 Å². The van der Waals surface area contributed by atoms with Crippen LogP contribution in [0.15, 0.2) is 162 Å². The molecule has 0 bridgehead atoms. The van der Waals surface area contributed by atoms with Crippen LogP contribution in [-0.2, 0) is 6.42 Å². The summed E-state index contributed by atoms with van der Waals surface area (Å²) in [6.45, 7) is 2.29. The molecule has 0 spiro atoms. The molecule has 1 unspecified atom stereocenters. The number of thiophene rings is 1. The topological polar surface area (TPSA) is 16.4 Å². The summed E-state index contributed by atoms with van der Waals surface area (Å²) < 4.78 is 9.01. The molecule has 0 aliphatic heterocycles. The van der Waals surface area contributed by atoms with E-state index in [1.54, 1.807) is 0 Å². The molecule has 238 valence electrons. The van der Waals surface area contributed by atoms with Gasteiger partial charge in [0.25, 0.3) is 0 Å². The van der Waals surface area contributed by atoms with Crippen LogP contribution in [0.3, 0.4) is 0 Å². The summed E-state index contributed by atoms with van der Waals surface area (Å²) >= 11 is 1.86. The molecule has 1 atom stereocenters. The minimum absolute atomic E-state index is 0.570. The number of allylic oxidation sites excluding steroid dienone is 1. The second kappa shape index (κ2) is 11.6. The predicted molar refractivity (Wildman–Crippen MR) is 214 cm³/mol. The summed E-state index contributed by atoms with van der Waals surface area (Å²) in [5.41, 5.74) is 12.8. The first kappa shape index (κ1) is 29.1. The van der Waals surface area contributed by atoms with Gasteiger partial charge in [0.05, 0.1) is 11.1 Å². The summed E-state index contributed by atoms with van der Waals surface area (Å²) in [5, 5.41) is 4.87. The number of hydrogen-bond acceptors (Lipinski definition) is 3. The van der Waals surface area contributed by atoms with E-state index in [-0.39, 0.29) is 0 Å². The molecular formula is C47H33NOS. The maximum absolute atomic E-state index is 6.36. The summed E-state index contributed by atoms with van der Waals surface area (Å²) in [5.74, 6) is 0.570. The van der Waals surface area contributed by atoms with Crippen molar-refractivity contribution < 1.29 is 4.42 Å². The Bertz CT molecular complexity index is 2750. The molecule has 3 heteroatoms. The average molecular weight is 660 g/mol. The third-order valence-electron chi connectivity index (χ3n) is 10.2. The minimum atomic E-state index is 0.570. The highest BCUT2D eigenvalue weighted by atomic mass is 32.1. The van der Waals surface area contributed by atoms with Crippen molar-refractivity contribution in [1.29, 1.82) is 0 Å². The number of para-hydroxylation sites is 1. The molecule has 2 nitrogen and oxygen atoms in total. The van der Waals surface area contributed by atoms with Gasteiger partial charge in [-0.3, -0.25) is 0 Å². The van der Waals surface area contributed by atoms with E-state index in [9.17, 15) is 0 Å². The Hall–Kier alpha value is -5.90. The summed E-state index contributed by atoms with van der Waals surface area (Å²) in [6, 6.07) is 55.1. The van der Waals surface area contributed by atoms with Crippen molar-refractivity contribution in [1.82, 2.24) is 0 Å². The van der Waals surface area contributed by atoms with E-state index < -0.39 is 0 Å². The third kappa shape index (κ3) is 4.77. The molecule has 0 saturated carbocycles. The Morgan fingerprint density at radius 1 is 0.580 bits per heavy atom. The van der Waals surface area contributed by atoms with Crippen LogP contribution < -0.4 is 4.90 Å². The van der Waals surface area contributed by atoms with Crippen LogP contribution in [0.25, 0.3) is 70.4 Å². The van der Waals surface area contributed by atoms with Gasteiger partial charge >= 0.3 is 0 Å². The van der Waals surface area contributed by atoms with Gasteiger partial charge in [-0.15, -0.1) is 11.3 Å². The van der Waals surface area contributed by atoms with E-state index in [2.05, 4.69) is 170 Å². The minimum Gasteiger partial charge on any atom is -0.456 e. The van der Waals surface area contributed by atoms with Gasteiger partial charge in [-0.1, -0.05) is 110 Å². The van der Waals surface area contributed by atoms with Crippen molar-refractivity contribution in [3.05, 3.63) is 169 Å². The predicted octanol–water partition coefficient (Wildman–Crippen LogP) is 14.0. The normalized spacial score (nSPS) is 14.1. The molecule has 10 rings (SSSR count). The molecule has 0 radical (unpaired) electrons. The highest BCUT2D eigenvalue weighted by Gasteiger charge is 2.20. The Morgan fingerprint density at radius 2 is 1.26 bits per heavy atom. The Morgan fingerprint density at radius 3 is 2.10 bits per heavy atom. The zero-order valence-corrected chi connectivity index (χ0v) is 28.5. The highest BCUT2D eigenvalue weighted by Crippen LogP contribution is 2.44. The standard InChI is InChI=1S/C47H33NOS/c1-30-16-26-38-34(28-30)8-6-11-37(38)32-19-24-36(25-20-32)48(42-12-7-14-44-47(42)40-10-2-4-13-43(40)49-44)35-22-17-31(18-23-35)33-21-27-46-41(29-33)39-9-3-5-15-45(39)50-46/h2-27,29-30H,28H2,1H3. The zero-order chi connectivity index (χ0) is 33.2. The van der Waals surface area contributed by atoms with Gasteiger partial charge in [0.2, 0.25) is 0 Å². The fourth-order valence-corrected chi connectivity index (χ4v) is 8.87. The second-order valence-corrected chi connectivity index (χ2v) is 14.5. The average Bonchev–Trinajstić information content (AvgIpc) is 3.74. The molecule has 2 heterocycles. The molecule has 0 amide bonds. The van der Waals surface area contributed by atoms with Crippen LogP contribution in [0.5, 0.6) is 0 Å². The van der Waals surface area contributed by atoms with Crippen molar-refractivity contribution in [3.63, 3.8) is 0 Å². The van der Waals surface area contributed by atoms with Crippen LogP contribution in [0.4, 0.5) is 17.1 Å². The molecule has 50 heavy (non-hydrogen) atoms. The second-order valence-electron chi connectivity index (χ2n) is 13.4. The third-order valence-corrected chi connectivity index (χ3v) is 11.4. The summed E-state index contributed by atoms with van der Waals surface area (Å²) in [7, 11) is 0. The van der Waals surface area contributed by atoms with Gasteiger partial charge in [-0.25, -0.2) is 0 Å². The maximum atomic E-state index is 6.36. The van der Waals surface area contributed by atoms with Crippen LogP contribution >= 0.6 is 11.3 Å². The quantitative estimate of drug-likeness (QED) is 0.183. The monoisotopic (exact) mass is 659 g/mol. The Balaban J connectivity index is 1.10. The lowest BCUT2D eigenvalue weighted by Crippen LogP contribution is -2.10. The Kier molecular flexibility index (Phi) is 6.75. The van der Waals surface area contributed by atoms with Crippen molar-refractivity contribution in [2.45, 2.75) is 13.3 Å². The molecule has 9 aromatic rings. The lowest BCUT2D eigenvalue weighted by atomic mass is 9.86. The molecule has 0 fully saturated rings. The highest BCUT2D eigenvalue weighted by molar-refractivity contribution is 7.25. The fourth-order valence-electron chi connectivity index (χ4n) is 7.78. The van der Waals surface area contributed by atoms with Crippen molar-refractivity contribution in [3.8, 4) is 22.3 Å². The van der Waals surface area contributed by atoms with Crippen molar-refractivity contribution >= 4 is 76.6 Å². The lowest BCUT2D eigenvalue weighted by Gasteiger charge is -2.27. The first-order chi connectivity index (χ1) is 24.7. The maximum Gasteiger partial charge on any atom is 0.137 e. The fraction of sp³-hybridized carbons (Fsp3) is 0.0638. The number of benzene rings is 7. The molecule has 7 aromatic carbocycles. The van der Waals surface area contributed by atoms with E-state index in [0.29, 0.717) is 5.92 Å². The van der Waals surface area contributed by atoms with E-state index in [1.807, 2.05) is 17.4 Å². The molecular weight excluding hydrogens is 627 g/mol. The molecule has 1 aliphatic carbocycles. The van der Waals surface area contributed by atoms with Crippen LogP contribution in [0, 0.1) is 5.92 Å². The first-order valence-corrected chi connectivity index (χ1v) is 18.1. The van der Waals surface area contributed by atoms with Gasteiger partial charge in [-0.05, 0) is 106 Å². The largest absolute Gasteiger partial charge is 0.456 e. The first-order valence-electron chi connectivity index (χ1n) is 17.3. The van der Waals surface area contributed by atoms with Gasteiger partial charge in [0, 0.05) is 36.9 Å². The van der Waals surface area contributed by atoms with Gasteiger partial charge in [-0.2, -0.15) is 0 Å². The summed E-state index contributed by atoms with van der Waals surface area (Å²) in [4.78, 5) is 2.37. The van der Waals surface area contributed by atoms with Crippen molar-refractivity contribution in [2.24, 2.45) is 5.92 Å². The lowest BCUT2D eigenvalue weighted by molar-refractivity contribution is 0.669. The number of fused-ring (bicyclic) bond motifs is 7. The molecule has 1 aliphatic rings.